The molecule has 3 heterocycles. The number of pyridine rings is 2. The largest absolute Gasteiger partial charge is 0.480 e. The summed E-state index contributed by atoms with van der Waals surface area (Å²) in [5, 5.41) is 9.49. The number of rotatable bonds is 7. The Balaban J connectivity index is 1.98. The van der Waals surface area contributed by atoms with Crippen LogP contribution in [0.3, 0.4) is 0 Å². The second-order valence-electron chi connectivity index (χ2n) is 6.18. The number of aromatic nitrogens is 2. The zero-order valence-electron chi connectivity index (χ0n) is 14.8. The Kier molecular flexibility index (Phi) is 5.40. The fraction of sp³-hybridized carbons (Fsp3) is 0.250. The number of nitrogens with zero attached hydrogens (tertiary/aromatic N) is 3. The van der Waals surface area contributed by atoms with Crippen LogP contribution < -0.4 is 0 Å². The predicted molar refractivity (Wildman–Crippen MR) is 98.2 cm³/mol. The van der Waals surface area contributed by atoms with E-state index >= 15 is 0 Å². The maximum atomic E-state index is 12.9. The number of carboxylic acids is 1. The third kappa shape index (κ3) is 3.62. The molecule has 1 unspecified atom stereocenters. The number of carboxylic acid groups (broad SMARTS) is 1. The summed E-state index contributed by atoms with van der Waals surface area (Å²) >= 11 is 0. The molecule has 0 bridgehead atoms. The quantitative estimate of drug-likeness (QED) is 0.757. The summed E-state index contributed by atoms with van der Waals surface area (Å²) in [5.74, 6) is -2.42. The summed E-state index contributed by atoms with van der Waals surface area (Å²) in [4.78, 5) is 46.4. The summed E-state index contributed by atoms with van der Waals surface area (Å²) in [7, 11) is 0. The molecule has 3 rings (SSSR count). The molecule has 2 aromatic rings. The van der Waals surface area contributed by atoms with E-state index in [-0.39, 0.29) is 12.0 Å². The van der Waals surface area contributed by atoms with Gasteiger partial charge in [-0.05, 0) is 24.6 Å². The third-order valence-corrected chi connectivity index (χ3v) is 4.39. The van der Waals surface area contributed by atoms with Crippen LogP contribution in [0.4, 0.5) is 0 Å². The molecule has 0 aromatic carbocycles. The lowest BCUT2D eigenvalue weighted by Gasteiger charge is -2.23. The normalized spacial score (nSPS) is 15.0. The molecule has 0 saturated heterocycles. The van der Waals surface area contributed by atoms with E-state index in [1.807, 2.05) is 6.92 Å². The molecule has 7 nitrogen and oxygen atoms in total. The first-order valence-electron chi connectivity index (χ1n) is 8.73. The molecule has 27 heavy (non-hydrogen) atoms. The Morgan fingerprint density at radius 1 is 1.15 bits per heavy atom. The maximum absolute atomic E-state index is 12.9. The zero-order valence-corrected chi connectivity index (χ0v) is 14.8. The minimum Gasteiger partial charge on any atom is -0.480 e. The van der Waals surface area contributed by atoms with Crippen molar-refractivity contribution < 1.29 is 19.5 Å². The lowest BCUT2D eigenvalue weighted by molar-refractivity contribution is -0.153. The molecule has 1 aliphatic rings. The monoisotopic (exact) mass is 365 g/mol. The van der Waals surface area contributed by atoms with Crippen molar-refractivity contribution in [3.8, 4) is 11.4 Å². The molecule has 138 valence electrons. The molecular formula is C20H19N3O4. The van der Waals surface area contributed by atoms with E-state index in [9.17, 15) is 19.5 Å². The average Bonchev–Trinajstić information content (AvgIpc) is 2.97. The summed E-state index contributed by atoms with van der Waals surface area (Å²) in [6.07, 6.45) is 5.98. The van der Waals surface area contributed by atoms with E-state index in [0.29, 0.717) is 23.4 Å². The Morgan fingerprint density at radius 2 is 1.93 bits per heavy atom. The lowest BCUT2D eigenvalue weighted by Crippen LogP contribution is -2.45. The van der Waals surface area contributed by atoms with Crippen molar-refractivity contribution in [2.24, 2.45) is 0 Å². The standard InChI is InChI=1S/C20H19N3O4/c1-2-3-9-16(20(26)27)23-17(24)12-14(19(23)25)13-7-6-11-22-18(13)15-8-4-5-10-21-15/h4-8,10-12,16H,2-3,9H2,1H3,(H,26,27). The number of unbranched alkanes of at least 4 members (excludes halogenated alkanes) is 1. The fourth-order valence-electron chi connectivity index (χ4n) is 3.06. The van der Waals surface area contributed by atoms with Crippen molar-refractivity contribution in [3.63, 3.8) is 0 Å². The highest BCUT2D eigenvalue weighted by Crippen LogP contribution is 2.31. The van der Waals surface area contributed by atoms with Gasteiger partial charge < -0.3 is 5.11 Å². The SMILES string of the molecule is CCCCC(C(=O)O)N1C(=O)C=C(c2cccnc2-c2ccccn2)C1=O. The van der Waals surface area contributed by atoms with Crippen molar-refractivity contribution in [3.05, 3.63) is 54.4 Å². The Morgan fingerprint density at radius 3 is 2.59 bits per heavy atom. The Hall–Kier alpha value is -3.35. The van der Waals surface area contributed by atoms with E-state index in [1.54, 1.807) is 42.7 Å². The highest BCUT2D eigenvalue weighted by atomic mass is 16.4. The zero-order chi connectivity index (χ0) is 19.4. The van der Waals surface area contributed by atoms with E-state index < -0.39 is 23.8 Å². The number of amides is 2. The number of imide groups is 1. The van der Waals surface area contributed by atoms with Gasteiger partial charge in [0, 0.05) is 24.0 Å². The summed E-state index contributed by atoms with van der Waals surface area (Å²) in [6, 6.07) is 7.49. The van der Waals surface area contributed by atoms with Gasteiger partial charge in [-0.2, -0.15) is 0 Å². The molecule has 0 spiro atoms. The third-order valence-electron chi connectivity index (χ3n) is 4.39. The van der Waals surface area contributed by atoms with Gasteiger partial charge in [-0.15, -0.1) is 0 Å². The van der Waals surface area contributed by atoms with Crippen LogP contribution in [-0.2, 0) is 14.4 Å². The van der Waals surface area contributed by atoms with Gasteiger partial charge in [-0.25, -0.2) is 4.79 Å². The Bertz CT molecular complexity index is 908. The highest BCUT2D eigenvalue weighted by Gasteiger charge is 2.40. The van der Waals surface area contributed by atoms with Crippen LogP contribution in [0.1, 0.15) is 31.7 Å². The molecule has 2 aromatic heterocycles. The van der Waals surface area contributed by atoms with Crippen LogP contribution in [0.2, 0.25) is 0 Å². The van der Waals surface area contributed by atoms with Crippen LogP contribution in [0.5, 0.6) is 0 Å². The van der Waals surface area contributed by atoms with E-state index in [2.05, 4.69) is 9.97 Å². The van der Waals surface area contributed by atoms with Gasteiger partial charge in [-0.3, -0.25) is 24.5 Å². The van der Waals surface area contributed by atoms with Crippen molar-refractivity contribution in [2.45, 2.75) is 32.2 Å². The van der Waals surface area contributed by atoms with Gasteiger partial charge in [0.1, 0.15) is 6.04 Å². The maximum Gasteiger partial charge on any atom is 0.326 e. The summed E-state index contributed by atoms with van der Waals surface area (Å²) in [5.41, 5.74) is 1.62. The van der Waals surface area contributed by atoms with Gasteiger partial charge in [0.15, 0.2) is 0 Å². The summed E-state index contributed by atoms with van der Waals surface area (Å²) in [6.45, 7) is 1.92. The molecule has 1 atom stereocenters. The predicted octanol–water partition coefficient (Wildman–Crippen LogP) is 2.54. The molecule has 0 aliphatic carbocycles. The van der Waals surface area contributed by atoms with Gasteiger partial charge in [0.05, 0.1) is 17.0 Å². The molecule has 0 saturated carbocycles. The first kappa shape index (κ1) is 18.4. The number of hydrogen-bond donors (Lipinski definition) is 1. The second-order valence-corrected chi connectivity index (χ2v) is 6.18. The number of carbonyl (C=O) groups excluding carboxylic acids is 2. The van der Waals surface area contributed by atoms with Crippen LogP contribution in [0.15, 0.2) is 48.8 Å². The van der Waals surface area contributed by atoms with Crippen molar-refractivity contribution in [1.82, 2.24) is 14.9 Å². The minimum absolute atomic E-state index is 0.136. The van der Waals surface area contributed by atoms with Gasteiger partial charge in [0.25, 0.3) is 11.8 Å². The van der Waals surface area contributed by atoms with Crippen molar-refractivity contribution in [1.29, 1.82) is 0 Å². The molecule has 0 radical (unpaired) electrons. The van der Waals surface area contributed by atoms with Gasteiger partial charge in [-0.1, -0.05) is 31.9 Å². The van der Waals surface area contributed by atoms with E-state index in [0.717, 1.165) is 11.3 Å². The molecule has 1 aliphatic heterocycles. The van der Waals surface area contributed by atoms with E-state index in [4.69, 9.17) is 0 Å². The second kappa shape index (κ2) is 7.90. The van der Waals surface area contributed by atoms with Crippen molar-refractivity contribution >= 4 is 23.4 Å². The molecular weight excluding hydrogens is 346 g/mol. The van der Waals surface area contributed by atoms with Gasteiger partial charge >= 0.3 is 5.97 Å². The minimum atomic E-state index is -1.18. The topological polar surface area (TPSA) is 100 Å². The van der Waals surface area contributed by atoms with Crippen LogP contribution in [0, 0.1) is 0 Å². The number of hydrogen-bond acceptors (Lipinski definition) is 5. The lowest BCUT2D eigenvalue weighted by atomic mass is 10.0. The van der Waals surface area contributed by atoms with Crippen LogP contribution >= 0.6 is 0 Å². The van der Waals surface area contributed by atoms with Crippen LogP contribution in [0.25, 0.3) is 17.0 Å². The first-order valence-corrected chi connectivity index (χ1v) is 8.73. The number of carbonyl (C=O) groups is 3. The number of aliphatic carboxylic acids is 1. The molecule has 1 N–H and O–H groups in total. The fourth-order valence-corrected chi connectivity index (χ4v) is 3.06. The molecule has 0 fully saturated rings. The highest BCUT2D eigenvalue weighted by molar-refractivity contribution is 6.34. The first-order chi connectivity index (χ1) is 13.0. The average molecular weight is 365 g/mol. The molecule has 2 amide bonds. The van der Waals surface area contributed by atoms with Crippen LogP contribution in [-0.4, -0.2) is 43.8 Å². The van der Waals surface area contributed by atoms with Crippen molar-refractivity contribution in [2.75, 3.05) is 0 Å². The smallest absolute Gasteiger partial charge is 0.326 e. The summed E-state index contributed by atoms with van der Waals surface area (Å²) < 4.78 is 0. The molecule has 7 heteroatoms. The van der Waals surface area contributed by atoms with Gasteiger partial charge in [0.2, 0.25) is 0 Å². The van der Waals surface area contributed by atoms with E-state index in [1.165, 1.54) is 6.08 Å². The Labute approximate surface area is 156 Å².